The minimum absolute atomic E-state index is 0.0307. The predicted molar refractivity (Wildman–Crippen MR) is 84.1 cm³/mol. The second-order valence-corrected chi connectivity index (χ2v) is 9.71. The summed E-state index contributed by atoms with van der Waals surface area (Å²) in [6.07, 6.45) is 1.25. The maximum atomic E-state index is 11.7. The molecule has 1 aliphatic rings. The van der Waals surface area contributed by atoms with Crippen molar-refractivity contribution < 1.29 is 8.42 Å². The van der Waals surface area contributed by atoms with Crippen LogP contribution in [0, 0.1) is 0 Å². The Morgan fingerprint density at radius 3 is 2.40 bits per heavy atom. The van der Waals surface area contributed by atoms with Crippen LogP contribution < -0.4 is 5.32 Å². The van der Waals surface area contributed by atoms with E-state index in [1.807, 2.05) is 0 Å². The molecule has 0 atom stereocenters. The molecule has 0 bridgehead atoms. The zero-order valence-corrected chi connectivity index (χ0v) is 14.3. The monoisotopic (exact) mass is 316 g/mol. The number of sulfone groups is 1. The van der Waals surface area contributed by atoms with Crippen molar-refractivity contribution in [2.75, 3.05) is 18.1 Å². The fourth-order valence-corrected chi connectivity index (χ4v) is 5.33. The number of aromatic nitrogens is 1. The van der Waals surface area contributed by atoms with Crippen molar-refractivity contribution in [2.24, 2.45) is 0 Å². The third kappa shape index (κ3) is 3.23. The first-order valence-electron chi connectivity index (χ1n) is 7.10. The molecule has 1 saturated heterocycles. The Morgan fingerprint density at radius 2 is 1.95 bits per heavy atom. The van der Waals surface area contributed by atoms with E-state index in [4.69, 9.17) is 4.98 Å². The number of rotatable bonds is 3. The highest BCUT2D eigenvalue weighted by Crippen LogP contribution is 2.37. The fourth-order valence-electron chi connectivity index (χ4n) is 2.53. The molecule has 114 valence electrons. The Kier molecular flexibility index (Phi) is 4.29. The van der Waals surface area contributed by atoms with Crippen LogP contribution in [0.1, 0.15) is 51.2 Å². The molecule has 1 aromatic rings. The number of nitrogens with zero attached hydrogens (tertiary/aromatic N) is 1. The topological polar surface area (TPSA) is 59.1 Å². The molecule has 0 aromatic carbocycles. The first-order chi connectivity index (χ1) is 9.19. The van der Waals surface area contributed by atoms with Gasteiger partial charge >= 0.3 is 0 Å². The maximum absolute atomic E-state index is 11.7. The lowest BCUT2D eigenvalue weighted by molar-refractivity contribution is 0.304. The van der Waals surface area contributed by atoms with E-state index in [0.29, 0.717) is 12.8 Å². The molecular weight excluding hydrogens is 292 g/mol. The molecule has 0 saturated carbocycles. The van der Waals surface area contributed by atoms with Gasteiger partial charge in [-0.1, -0.05) is 27.7 Å². The summed E-state index contributed by atoms with van der Waals surface area (Å²) in [6, 6.07) is 0. The molecule has 0 spiro atoms. The molecule has 1 aromatic heterocycles. The minimum atomic E-state index is -2.86. The third-order valence-electron chi connectivity index (χ3n) is 3.88. The molecular formula is C14H24N2O2S2. The smallest absolute Gasteiger partial charge is 0.150 e. The molecule has 2 rings (SSSR count). The first kappa shape index (κ1) is 15.9. The Hall–Kier alpha value is -0.460. The lowest BCUT2D eigenvalue weighted by Crippen LogP contribution is -2.48. The first-order valence-corrected chi connectivity index (χ1v) is 9.81. The van der Waals surface area contributed by atoms with Crippen molar-refractivity contribution >= 4 is 21.2 Å². The van der Waals surface area contributed by atoms with E-state index < -0.39 is 9.84 Å². The SMILES string of the molecule is CCNC1(c2nc(C(C)(C)C)cs2)CCS(=O)(=O)CC1. The number of hydrogen-bond acceptors (Lipinski definition) is 5. The molecule has 1 N–H and O–H groups in total. The lowest BCUT2D eigenvalue weighted by Gasteiger charge is -2.36. The van der Waals surface area contributed by atoms with Gasteiger partial charge < -0.3 is 5.32 Å². The summed E-state index contributed by atoms with van der Waals surface area (Å²) < 4.78 is 23.4. The van der Waals surface area contributed by atoms with E-state index in [-0.39, 0.29) is 22.5 Å². The van der Waals surface area contributed by atoms with Crippen LogP contribution in [0.15, 0.2) is 5.38 Å². The third-order valence-corrected chi connectivity index (χ3v) is 6.58. The molecule has 6 heteroatoms. The summed E-state index contributed by atoms with van der Waals surface area (Å²) in [4.78, 5) is 4.80. The van der Waals surface area contributed by atoms with E-state index in [9.17, 15) is 8.42 Å². The summed E-state index contributed by atoms with van der Waals surface area (Å²) in [5.74, 6) is 0.509. The minimum Gasteiger partial charge on any atom is -0.306 e. The quantitative estimate of drug-likeness (QED) is 0.930. The van der Waals surface area contributed by atoms with Crippen LogP contribution in [-0.2, 0) is 20.8 Å². The summed E-state index contributed by atoms with van der Waals surface area (Å²) in [5.41, 5.74) is 0.861. The standard InChI is InChI=1S/C14H24N2O2S2/c1-5-15-14(6-8-20(17,18)9-7-14)12-16-11(10-19-12)13(2,3)4/h10,15H,5-9H2,1-4H3. The molecule has 0 amide bonds. The zero-order chi connectivity index (χ0) is 15.0. The summed E-state index contributed by atoms with van der Waals surface area (Å²) >= 11 is 1.65. The largest absolute Gasteiger partial charge is 0.306 e. The predicted octanol–water partition coefficient (Wildman–Crippen LogP) is 2.45. The average molecular weight is 316 g/mol. The Labute approximate surface area is 125 Å². The van der Waals surface area contributed by atoms with Gasteiger partial charge in [-0.2, -0.15) is 0 Å². The van der Waals surface area contributed by atoms with E-state index >= 15 is 0 Å². The molecule has 20 heavy (non-hydrogen) atoms. The second kappa shape index (κ2) is 5.39. The van der Waals surface area contributed by atoms with Gasteiger partial charge in [0.05, 0.1) is 22.7 Å². The van der Waals surface area contributed by atoms with Crippen molar-refractivity contribution in [3.8, 4) is 0 Å². The van der Waals surface area contributed by atoms with E-state index in [0.717, 1.165) is 17.2 Å². The highest BCUT2D eigenvalue weighted by Gasteiger charge is 2.40. The van der Waals surface area contributed by atoms with Gasteiger partial charge in [0.1, 0.15) is 14.8 Å². The van der Waals surface area contributed by atoms with Crippen molar-refractivity contribution in [3.05, 3.63) is 16.1 Å². The number of hydrogen-bond donors (Lipinski definition) is 1. The van der Waals surface area contributed by atoms with Crippen molar-refractivity contribution in [2.45, 2.75) is 51.5 Å². The van der Waals surface area contributed by atoms with Crippen LogP contribution in [0.2, 0.25) is 0 Å². The summed E-state index contributed by atoms with van der Waals surface area (Å²) in [5, 5.41) is 6.65. The number of thiazole rings is 1. The molecule has 0 aliphatic carbocycles. The molecule has 0 unspecified atom stereocenters. The highest BCUT2D eigenvalue weighted by atomic mass is 32.2. The zero-order valence-electron chi connectivity index (χ0n) is 12.7. The van der Waals surface area contributed by atoms with Gasteiger partial charge in [0, 0.05) is 10.8 Å². The van der Waals surface area contributed by atoms with Crippen LogP contribution in [0.3, 0.4) is 0 Å². The van der Waals surface area contributed by atoms with Gasteiger partial charge in [-0.15, -0.1) is 11.3 Å². The second-order valence-electron chi connectivity index (χ2n) is 6.55. The summed E-state index contributed by atoms with van der Waals surface area (Å²) in [6.45, 7) is 9.33. The van der Waals surface area contributed by atoms with Crippen LogP contribution in [0.4, 0.5) is 0 Å². The van der Waals surface area contributed by atoms with Gasteiger partial charge in [-0.05, 0) is 19.4 Å². The fraction of sp³-hybridized carbons (Fsp3) is 0.786. The lowest BCUT2D eigenvalue weighted by atomic mass is 9.91. The van der Waals surface area contributed by atoms with Crippen molar-refractivity contribution in [1.82, 2.24) is 10.3 Å². The molecule has 0 radical (unpaired) electrons. The van der Waals surface area contributed by atoms with E-state index in [2.05, 4.69) is 38.4 Å². The van der Waals surface area contributed by atoms with Gasteiger partial charge in [-0.25, -0.2) is 13.4 Å². The van der Waals surface area contributed by atoms with E-state index in [1.54, 1.807) is 11.3 Å². The van der Waals surface area contributed by atoms with Gasteiger partial charge in [0.2, 0.25) is 0 Å². The van der Waals surface area contributed by atoms with Crippen molar-refractivity contribution in [1.29, 1.82) is 0 Å². The average Bonchev–Trinajstić information content (AvgIpc) is 2.82. The molecule has 4 nitrogen and oxygen atoms in total. The highest BCUT2D eigenvalue weighted by molar-refractivity contribution is 7.91. The molecule has 1 fully saturated rings. The Bertz CT molecular complexity index is 556. The van der Waals surface area contributed by atoms with Crippen LogP contribution in [0.25, 0.3) is 0 Å². The van der Waals surface area contributed by atoms with Crippen LogP contribution >= 0.6 is 11.3 Å². The normalized spacial score (nSPS) is 21.8. The van der Waals surface area contributed by atoms with Crippen LogP contribution in [0.5, 0.6) is 0 Å². The van der Waals surface area contributed by atoms with Crippen LogP contribution in [-0.4, -0.2) is 31.5 Å². The van der Waals surface area contributed by atoms with Gasteiger partial charge in [0.15, 0.2) is 0 Å². The molecule has 1 aliphatic heterocycles. The number of nitrogens with one attached hydrogen (secondary N) is 1. The van der Waals surface area contributed by atoms with Gasteiger partial charge in [0.25, 0.3) is 0 Å². The van der Waals surface area contributed by atoms with Gasteiger partial charge in [-0.3, -0.25) is 0 Å². The molecule has 2 heterocycles. The van der Waals surface area contributed by atoms with Crippen molar-refractivity contribution in [3.63, 3.8) is 0 Å². The Morgan fingerprint density at radius 1 is 1.35 bits per heavy atom. The van der Waals surface area contributed by atoms with E-state index in [1.165, 1.54) is 0 Å². The maximum Gasteiger partial charge on any atom is 0.150 e. The summed E-state index contributed by atoms with van der Waals surface area (Å²) in [7, 11) is -2.86. The Balaban J connectivity index is 2.32.